The second kappa shape index (κ2) is 5.02. The molecule has 0 atom stereocenters. The van der Waals surface area contributed by atoms with E-state index in [1.807, 2.05) is 37.3 Å². The van der Waals surface area contributed by atoms with Crippen molar-refractivity contribution in [3.8, 4) is 0 Å². The van der Waals surface area contributed by atoms with E-state index in [4.69, 9.17) is 17.5 Å². The number of nitrogens with two attached hydrogens (primary N) is 1. The molecule has 0 fully saturated rings. The predicted molar refractivity (Wildman–Crippen MR) is 55.4 cm³/mol. The fourth-order valence-corrected chi connectivity index (χ4v) is 1.20. The Morgan fingerprint density at radius 1 is 1.54 bits per heavy atom. The van der Waals surface area contributed by atoms with Gasteiger partial charge in [0.2, 0.25) is 0 Å². The summed E-state index contributed by atoms with van der Waals surface area (Å²) in [5.41, 5.74) is 2.27. The van der Waals surface area contributed by atoms with Gasteiger partial charge in [-0.25, -0.2) is 5.90 Å². The fraction of sp³-hybridized carbons (Fsp3) is 0.200. The highest BCUT2D eigenvalue weighted by atomic mass is 35.5. The molecular weight excluding hydrogens is 186 g/mol. The zero-order valence-corrected chi connectivity index (χ0v) is 8.21. The minimum Gasteiger partial charge on any atom is -0.300 e. The first-order chi connectivity index (χ1) is 6.24. The standard InChI is InChI=1S/C10H12ClNO/c1-8-4-5-10(11)7-9(8)3-2-6-13-12/h2-5,7H,6,12H2,1H3/b3-2+. The smallest absolute Gasteiger partial charge is 0.0864 e. The molecule has 3 heteroatoms. The molecule has 0 spiro atoms. The maximum Gasteiger partial charge on any atom is 0.0864 e. The normalized spacial score (nSPS) is 11.0. The van der Waals surface area contributed by atoms with Gasteiger partial charge < -0.3 is 4.84 Å². The highest BCUT2D eigenvalue weighted by Crippen LogP contribution is 2.16. The highest BCUT2D eigenvalue weighted by Gasteiger charge is 1.94. The van der Waals surface area contributed by atoms with Gasteiger partial charge in [-0.3, -0.25) is 0 Å². The minimum absolute atomic E-state index is 0.409. The van der Waals surface area contributed by atoms with E-state index in [1.54, 1.807) is 0 Å². The maximum atomic E-state index is 5.84. The summed E-state index contributed by atoms with van der Waals surface area (Å²) in [6.45, 7) is 2.44. The Balaban J connectivity index is 2.81. The number of hydrogen-bond donors (Lipinski definition) is 1. The van der Waals surface area contributed by atoms with Crippen LogP contribution in [0.25, 0.3) is 6.08 Å². The van der Waals surface area contributed by atoms with Gasteiger partial charge in [0.25, 0.3) is 0 Å². The Hall–Kier alpha value is -0.830. The van der Waals surface area contributed by atoms with Gasteiger partial charge in [0.1, 0.15) is 0 Å². The quantitative estimate of drug-likeness (QED) is 0.756. The van der Waals surface area contributed by atoms with Crippen LogP contribution in [0.4, 0.5) is 0 Å². The van der Waals surface area contributed by atoms with Gasteiger partial charge in [-0.1, -0.05) is 29.8 Å². The summed E-state index contributed by atoms with van der Waals surface area (Å²) in [5, 5.41) is 0.735. The van der Waals surface area contributed by atoms with E-state index in [1.165, 1.54) is 5.56 Å². The van der Waals surface area contributed by atoms with Crippen LogP contribution in [0, 0.1) is 6.92 Å². The van der Waals surface area contributed by atoms with Crippen LogP contribution in [-0.2, 0) is 4.84 Å². The molecule has 2 nitrogen and oxygen atoms in total. The van der Waals surface area contributed by atoms with Gasteiger partial charge in [0, 0.05) is 5.02 Å². The van der Waals surface area contributed by atoms with Gasteiger partial charge >= 0.3 is 0 Å². The van der Waals surface area contributed by atoms with Crippen LogP contribution in [-0.4, -0.2) is 6.61 Å². The highest BCUT2D eigenvalue weighted by molar-refractivity contribution is 6.30. The average molecular weight is 198 g/mol. The van der Waals surface area contributed by atoms with Crippen molar-refractivity contribution >= 4 is 17.7 Å². The van der Waals surface area contributed by atoms with Crippen molar-refractivity contribution in [2.75, 3.05) is 6.61 Å². The molecule has 0 saturated carbocycles. The van der Waals surface area contributed by atoms with Crippen molar-refractivity contribution < 1.29 is 4.84 Å². The van der Waals surface area contributed by atoms with Crippen LogP contribution >= 0.6 is 11.6 Å². The van der Waals surface area contributed by atoms with Gasteiger partial charge in [0.05, 0.1) is 6.61 Å². The topological polar surface area (TPSA) is 35.2 Å². The SMILES string of the molecule is Cc1ccc(Cl)cc1/C=C/CON. The number of halogens is 1. The summed E-state index contributed by atoms with van der Waals surface area (Å²) < 4.78 is 0. The maximum absolute atomic E-state index is 5.84. The minimum atomic E-state index is 0.409. The second-order valence-electron chi connectivity index (χ2n) is 2.74. The van der Waals surface area contributed by atoms with Gasteiger partial charge in [0.15, 0.2) is 0 Å². The summed E-state index contributed by atoms with van der Waals surface area (Å²) in [5.74, 6) is 4.88. The summed E-state index contributed by atoms with van der Waals surface area (Å²) in [6, 6.07) is 5.75. The molecule has 0 saturated heterocycles. The van der Waals surface area contributed by atoms with Crippen LogP contribution < -0.4 is 5.90 Å². The third kappa shape index (κ3) is 3.19. The van der Waals surface area contributed by atoms with Crippen molar-refractivity contribution in [2.45, 2.75) is 6.92 Å². The third-order valence-electron chi connectivity index (χ3n) is 1.73. The first kappa shape index (κ1) is 10.3. The van der Waals surface area contributed by atoms with Crippen LogP contribution in [0.2, 0.25) is 5.02 Å². The van der Waals surface area contributed by atoms with Crippen LogP contribution in [0.15, 0.2) is 24.3 Å². The molecule has 0 heterocycles. The summed E-state index contributed by atoms with van der Waals surface area (Å²) in [6.07, 6.45) is 3.78. The molecule has 1 aromatic rings. The Morgan fingerprint density at radius 3 is 3.00 bits per heavy atom. The first-order valence-electron chi connectivity index (χ1n) is 3.98. The zero-order valence-electron chi connectivity index (χ0n) is 7.46. The lowest BCUT2D eigenvalue weighted by molar-refractivity contribution is 0.168. The van der Waals surface area contributed by atoms with E-state index in [0.29, 0.717) is 6.61 Å². The van der Waals surface area contributed by atoms with E-state index in [0.717, 1.165) is 10.6 Å². The van der Waals surface area contributed by atoms with Crippen molar-refractivity contribution in [3.63, 3.8) is 0 Å². The third-order valence-corrected chi connectivity index (χ3v) is 1.97. The van der Waals surface area contributed by atoms with E-state index in [-0.39, 0.29) is 0 Å². The molecule has 0 aliphatic heterocycles. The molecule has 1 aromatic carbocycles. The molecule has 0 aromatic heterocycles. The van der Waals surface area contributed by atoms with E-state index in [9.17, 15) is 0 Å². The van der Waals surface area contributed by atoms with E-state index < -0.39 is 0 Å². The Morgan fingerprint density at radius 2 is 2.31 bits per heavy atom. The number of rotatable bonds is 3. The predicted octanol–water partition coefficient (Wildman–Crippen LogP) is 2.55. The van der Waals surface area contributed by atoms with E-state index >= 15 is 0 Å². The monoisotopic (exact) mass is 197 g/mol. The average Bonchev–Trinajstić information content (AvgIpc) is 2.11. The van der Waals surface area contributed by atoms with Crippen molar-refractivity contribution in [2.24, 2.45) is 5.90 Å². The summed E-state index contributed by atoms with van der Waals surface area (Å²) >= 11 is 5.84. The second-order valence-corrected chi connectivity index (χ2v) is 3.17. The number of hydrogen-bond acceptors (Lipinski definition) is 2. The Kier molecular flexibility index (Phi) is 3.96. The molecule has 1 rings (SSSR count). The zero-order chi connectivity index (χ0) is 9.68. The van der Waals surface area contributed by atoms with Crippen molar-refractivity contribution in [1.29, 1.82) is 0 Å². The molecule has 70 valence electrons. The lowest BCUT2D eigenvalue weighted by Crippen LogP contribution is -1.97. The Bertz CT molecular complexity index is 310. The van der Waals surface area contributed by atoms with Crippen LogP contribution in [0.3, 0.4) is 0 Å². The molecule has 0 unspecified atom stereocenters. The van der Waals surface area contributed by atoms with Crippen LogP contribution in [0.5, 0.6) is 0 Å². The van der Waals surface area contributed by atoms with Crippen molar-refractivity contribution in [1.82, 2.24) is 0 Å². The Labute approximate surface area is 82.9 Å². The molecular formula is C10H12ClNO. The summed E-state index contributed by atoms with van der Waals surface area (Å²) in [4.78, 5) is 4.41. The van der Waals surface area contributed by atoms with E-state index in [2.05, 4.69) is 4.84 Å². The van der Waals surface area contributed by atoms with Gasteiger partial charge in [-0.15, -0.1) is 0 Å². The lowest BCUT2D eigenvalue weighted by Gasteiger charge is -2.00. The molecule has 0 aliphatic rings. The number of benzene rings is 1. The van der Waals surface area contributed by atoms with Crippen LogP contribution in [0.1, 0.15) is 11.1 Å². The van der Waals surface area contributed by atoms with Crippen molar-refractivity contribution in [3.05, 3.63) is 40.4 Å². The molecule has 0 bridgehead atoms. The number of aryl methyl sites for hydroxylation is 1. The van der Waals surface area contributed by atoms with Gasteiger partial charge in [-0.2, -0.15) is 0 Å². The molecule has 0 radical (unpaired) electrons. The lowest BCUT2D eigenvalue weighted by atomic mass is 10.1. The van der Waals surface area contributed by atoms with Gasteiger partial charge in [-0.05, 0) is 30.2 Å². The largest absolute Gasteiger partial charge is 0.300 e. The molecule has 13 heavy (non-hydrogen) atoms. The molecule has 0 amide bonds. The summed E-state index contributed by atoms with van der Waals surface area (Å²) in [7, 11) is 0. The fourth-order valence-electron chi connectivity index (χ4n) is 1.02. The first-order valence-corrected chi connectivity index (χ1v) is 4.36. The molecule has 0 aliphatic carbocycles. The molecule has 2 N–H and O–H groups in total.